The number of amides is 1. The van der Waals surface area contributed by atoms with Gasteiger partial charge in [-0.15, -0.1) is 0 Å². The van der Waals surface area contributed by atoms with Crippen molar-refractivity contribution < 1.29 is 18.7 Å². The van der Waals surface area contributed by atoms with Crippen LogP contribution in [0.5, 0.6) is 11.5 Å². The van der Waals surface area contributed by atoms with Gasteiger partial charge >= 0.3 is 0 Å². The van der Waals surface area contributed by atoms with Crippen LogP contribution in [0.3, 0.4) is 0 Å². The first-order valence-corrected chi connectivity index (χ1v) is 13.0. The number of fused-ring (bicyclic) bond motifs is 2. The van der Waals surface area contributed by atoms with Crippen LogP contribution in [0.2, 0.25) is 5.02 Å². The number of hydrogen-bond donors (Lipinski definition) is 0. The van der Waals surface area contributed by atoms with Crippen LogP contribution in [0.4, 0.5) is 5.69 Å². The molecule has 3 aromatic carbocycles. The van der Waals surface area contributed by atoms with Crippen molar-refractivity contribution in [1.82, 2.24) is 0 Å². The number of carbonyl (C=O) groups is 1. The molecular formula is C31H30ClNO5. The number of aryl methyl sites for hydroxylation is 2. The molecule has 1 aromatic heterocycles. The molecule has 0 fully saturated rings. The van der Waals surface area contributed by atoms with E-state index in [1.54, 1.807) is 36.3 Å². The summed E-state index contributed by atoms with van der Waals surface area (Å²) in [5.41, 5.74) is 3.66. The lowest BCUT2D eigenvalue weighted by molar-refractivity contribution is 0.0971. The summed E-state index contributed by atoms with van der Waals surface area (Å²) >= 11 is 6.31. The predicted molar refractivity (Wildman–Crippen MR) is 150 cm³/mol. The van der Waals surface area contributed by atoms with Gasteiger partial charge in [0.05, 0.1) is 30.7 Å². The molecule has 6 nitrogen and oxygen atoms in total. The van der Waals surface area contributed by atoms with Crippen LogP contribution in [-0.4, -0.2) is 19.6 Å². The van der Waals surface area contributed by atoms with Gasteiger partial charge < -0.3 is 13.9 Å². The Bertz CT molecular complexity index is 1610. The average molecular weight is 532 g/mol. The third-order valence-electron chi connectivity index (χ3n) is 7.03. The van der Waals surface area contributed by atoms with Crippen LogP contribution in [-0.2, 0) is 0 Å². The Balaban J connectivity index is 1.70. The van der Waals surface area contributed by atoms with E-state index in [9.17, 15) is 9.59 Å². The van der Waals surface area contributed by atoms with E-state index in [0.29, 0.717) is 56.8 Å². The zero-order chi connectivity index (χ0) is 27.1. The SMILES string of the molecule is COc1cc(C2c3c(oc4cc(C)c(C)cc4c3=O)C(=O)N2c2cccc(Cl)c2)ccc1OCCC(C)C. The van der Waals surface area contributed by atoms with Crippen molar-refractivity contribution >= 4 is 34.2 Å². The molecular weight excluding hydrogens is 502 g/mol. The minimum absolute atomic E-state index is 0.0342. The van der Waals surface area contributed by atoms with Gasteiger partial charge in [-0.2, -0.15) is 0 Å². The molecule has 0 saturated carbocycles. The number of halogens is 1. The minimum Gasteiger partial charge on any atom is -0.493 e. The summed E-state index contributed by atoms with van der Waals surface area (Å²) in [6, 6.07) is 15.4. The number of benzene rings is 3. The molecule has 0 aliphatic carbocycles. The number of methoxy groups -OCH3 is 1. The van der Waals surface area contributed by atoms with Crippen LogP contribution in [0, 0.1) is 19.8 Å². The highest BCUT2D eigenvalue weighted by Crippen LogP contribution is 2.43. The second-order valence-electron chi connectivity index (χ2n) is 10.1. The highest BCUT2D eigenvalue weighted by Gasteiger charge is 2.44. The number of anilines is 1. The van der Waals surface area contributed by atoms with E-state index in [-0.39, 0.29) is 11.2 Å². The Kier molecular flexibility index (Phi) is 6.93. The summed E-state index contributed by atoms with van der Waals surface area (Å²) in [5.74, 6) is 1.27. The molecule has 38 heavy (non-hydrogen) atoms. The van der Waals surface area contributed by atoms with Gasteiger partial charge in [-0.3, -0.25) is 14.5 Å². The highest BCUT2D eigenvalue weighted by molar-refractivity contribution is 6.31. The molecule has 2 heterocycles. The van der Waals surface area contributed by atoms with E-state index >= 15 is 0 Å². The lowest BCUT2D eigenvalue weighted by atomic mass is 9.97. The van der Waals surface area contributed by atoms with E-state index in [2.05, 4.69) is 13.8 Å². The lowest BCUT2D eigenvalue weighted by Crippen LogP contribution is -2.29. The molecule has 196 valence electrons. The maximum atomic E-state index is 14.0. The molecule has 5 rings (SSSR count). The molecule has 7 heteroatoms. The van der Waals surface area contributed by atoms with Gasteiger partial charge in [-0.05, 0) is 85.3 Å². The van der Waals surface area contributed by atoms with Gasteiger partial charge in [-0.25, -0.2) is 0 Å². The van der Waals surface area contributed by atoms with Crippen molar-refractivity contribution in [3.8, 4) is 11.5 Å². The molecule has 1 atom stereocenters. The second kappa shape index (κ2) is 10.2. The Morgan fingerprint density at radius 3 is 2.47 bits per heavy atom. The first-order chi connectivity index (χ1) is 18.2. The lowest BCUT2D eigenvalue weighted by Gasteiger charge is -2.26. The van der Waals surface area contributed by atoms with Gasteiger partial charge in [0.25, 0.3) is 5.91 Å². The quantitative estimate of drug-likeness (QED) is 0.251. The third kappa shape index (κ3) is 4.54. The summed E-state index contributed by atoms with van der Waals surface area (Å²) in [6.45, 7) is 8.73. The standard InChI is InChI=1S/C31H30ClNO5/c1-17(2)11-12-37-24-10-9-20(15-26(24)36-5)28-27-29(34)23-13-18(3)19(4)14-25(23)38-30(27)31(35)33(28)22-8-6-7-21(32)16-22/h6-10,13-17,28H,11-12H2,1-5H3. The largest absolute Gasteiger partial charge is 0.493 e. The molecule has 0 N–H and O–H groups in total. The zero-order valence-corrected chi connectivity index (χ0v) is 22.9. The number of carbonyl (C=O) groups excluding carboxylic acids is 1. The van der Waals surface area contributed by atoms with Crippen LogP contribution in [0.15, 0.2) is 63.8 Å². The highest BCUT2D eigenvalue weighted by atomic mass is 35.5. The van der Waals surface area contributed by atoms with Crippen LogP contribution >= 0.6 is 11.6 Å². The van der Waals surface area contributed by atoms with E-state index in [1.165, 1.54) is 0 Å². The van der Waals surface area contributed by atoms with E-state index in [1.807, 2.05) is 44.2 Å². The summed E-state index contributed by atoms with van der Waals surface area (Å²) in [4.78, 5) is 29.4. The molecule has 1 aliphatic rings. The Morgan fingerprint density at radius 1 is 1.00 bits per heavy atom. The van der Waals surface area contributed by atoms with Crippen molar-refractivity contribution in [2.75, 3.05) is 18.6 Å². The number of hydrogen-bond acceptors (Lipinski definition) is 5. The Morgan fingerprint density at radius 2 is 1.76 bits per heavy atom. The normalized spacial score (nSPS) is 14.9. The molecule has 0 bridgehead atoms. The first-order valence-electron chi connectivity index (χ1n) is 12.7. The molecule has 0 spiro atoms. The Labute approximate surface area is 226 Å². The maximum Gasteiger partial charge on any atom is 0.295 e. The Hall–Kier alpha value is -3.77. The van der Waals surface area contributed by atoms with Crippen molar-refractivity contribution in [3.05, 3.63) is 97.9 Å². The molecule has 1 amide bonds. The summed E-state index contributed by atoms with van der Waals surface area (Å²) in [5, 5.41) is 0.922. The first kappa shape index (κ1) is 25.9. The van der Waals surface area contributed by atoms with Crippen molar-refractivity contribution in [1.29, 1.82) is 0 Å². The van der Waals surface area contributed by atoms with Crippen molar-refractivity contribution in [3.63, 3.8) is 0 Å². The van der Waals surface area contributed by atoms with Crippen molar-refractivity contribution in [2.24, 2.45) is 5.92 Å². The van der Waals surface area contributed by atoms with Crippen LogP contribution in [0.25, 0.3) is 11.0 Å². The maximum absolute atomic E-state index is 14.0. The fourth-order valence-corrected chi connectivity index (χ4v) is 5.00. The smallest absolute Gasteiger partial charge is 0.295 e. The van der Waals surface area contributed by atoms with Crippen molar-refractivity contribution in [2.45, 2.75) is 40.2 Å². The fourth-order valence-electron chi connectivity index (χ4n) is 4.81. The molecule has 0 saturated heterocycles. The van der Waals surface area contributed by atoms with E-state index in [0.717, 1.165) is 17.5 Å². The second-order valence-corrected chi connectivity index (χ2v) is 10.5. The summed E-state index contributed by atoms with van der Waals surface area (Å²) in [7, 11) is 1.57. The van der Waals surface area contributed by atoms with Gasteiger partial charge in [0.1, 0.15) is 5.58 Å². The van der Waals surface area contributed by atoms with Crippen LogP contribution in [0.1, 0.15) is 59.1 Å². The van der Waals surface area contributed by atoms with E-state index in [4.69, 9.17) is 25.5 Å². The fraction of sp³-hybridized carbons (Fsp3) is 0.290. The van der Waals surface area contributed by atoms with E-state index < -0.39 is 11.9 Å². The molecule has 4 aromatic rings. The molecule has 1 aliphatic heterocycles. The summed E-state index contributed by atoms with van der Waals surface area (Å²) in [6.07, 6.45) is 0.908. The topological polar surface area (TPSA) is 69.0 Å². The molecule has 1 unspecified atom stereocenters. The summed E-state index contributed by atoms with van der Waals surface area (Å²) < 4.78 is 17.8. The monoisotopic (exact) mass is 531 g/mol. The van der Waals surface area contributed by atoms with Gasteiger partial charge in [0.15, 0.2) is 16.9 Å². The predicted octanol–water partition coefficient (Wildman–Crippen LogP) is 7.25. The minimum atomic E-state index is -0.739. The van der Waals surface area contributed by atoms with Gasteiger partial charge in [-0.1, -0.05) is 37.6 Å². The third-order valence-corrected chi connectivity index (χ3v) is 7.26. The number of rotatable bonds is 7. The number of ether oxygens (including phenoxy) is 2. The number of nitrogens with zero attached hydrogens (tertiary/aromatic N) is 1. The molecule has 0 radical (unpaired) electrons. The van der Waals surface area contributed by atoms with Gasteiger partial charge in [0, 0.05) is 10.7 Å². The average Bonchev–Trinajstić information content (AvgIpc) is 3.17. The van der Waals surface area contributed by atoms with Gasteiger partial charge in [0.2, 0.25) is 5.76 Å². The van der Waals surface area contributed by atoms with Crippen LogP contribution < -0.4 is 19.8 Å². The zero-order valence-electron chi connectivity index (χ0n) is 22.1.